The monoisotopic (exact) mass is 280 g/mol. The number of hydrogen-bond donors (Lipinski definition) is 1. The van der Waals surface area contributed by atoms with Crippen LogP contribution in [-0.2, 0) is 13.0 Å². The number of halogens is 2. The molecule has 4 heteroatoms. The summed E-state index contributed by atoms with van der Waals surface area (Å²) in [6, 6.07) is 12.2. The Morgan fingerprint density at radius 2 is 1.79 bits per heavy atom. The molecule has 0 aliphatic rings. The summed E-state index contributed by atoms with van der Waals surface area (Å²) in [5.41, 5.74) is 1.30. The van der Waals surface area contributed by atoms with Gasteiger partial charge in [-0.05, 0) is 24.1 Å². The van der Waals surface area contributed by atoms with E-state index in [1.165, 1.54) is 6.07 Å². The molecule has 0 radical (unpaired) electrons. The Balaban J connectivity index is 2.12. The van der Waals surface area contributed by atoms with Crippen molar-refractivity contribution < 1.29 is 14.2 Å². The second-order valence-electron chi connectivity index (χ2n) is 4.08. The second kappa shape index (κ2) is 6.55. The summed E-state index contributed by atoms with van der Waals surface area (Å²) < 4.78 is 19.3. The molecule has 0 atom stereocenters. The zero-order valence-electron chi connectivity index (χ0n) is 10.3. The fraction of sp³-hybridized carbons (Fsp3) is 0.200. The molecule has 2 rings (SSSR count). The number of benzene rings is 2. The van der Waals surface area contributed by atoms with E-state index in [0.717, 1.165) is 5.56 Å². The average Bonchev–Trinajstić information content (AvgIpc) is 2.42. The van der Waals surface area contributed by atoms with Crippen LogP contribution in [0.5, 0.6) is 5.75 Å². The topological polar surface area (TPSA) is 29.5 Å². The van der Waals surface area contributed by atoms with Crippen LogP contribution in [0, 0.1) is 5.82 Å². The van der Waals surface area contributed by atoms with Crippen molar-refractivity contribution in [3.63, 3.8) is 0 Å². The molecule has 0 bridgehead atoms. The van der Waals surface area contributed by atoms with Crippen LogP contribution < -0.4 is 4.74 Å². The van der Waals surface area contributed by atoms with E-state index >= 15 is 0 Å². The zero-order chi connectivity index (χ0) is 13.7. The van der Waals surface area contributed by atoms with Crippen molar-refractivity contribution in [2.24, 2.45) is 0 Å². The number of aliphatic hydroxyl groups excluding tert-OH is 1. The maximum atomic E-state index is 13.7. The lowest BCUT2D eigenvalue weighted by Crippen LogP contribution is -2.02. The Kier molecular flexibility index (Phi) is 4.77. The van der Waals surface area contributed by atoms with Crippen molar-refractivity contribution in [2.75, 3.05) is 6.61 Å². The lowest BCUT2D eigenvalue weighted by molar-refractivity contribution is 0.281. The van der Waals surface area contributed by atoms with E-state index in [9.17, 15) is 4.39 Å². The van der Waals surface area contributed by atoms with E-state index in [1.807, 2.05) is 18.2 Å². The molecule has 0 spiro atoms. The van der Waals surface area contributed by atoms with Crippen LogP contribution in [0.25, 0.3) is 0 Å². The normalized spacial score (nSPS) is 10.5. The maximum Gasteiger partial charge on any atom is 0.148 e. The van der Waals surface area contributed by atoms with Crippen molar-refractivity contribution in [3.8, 4) is 5.75 Å². The van der Waals surface area contributed by atoms with E-state index in [-0.39, 0.29) is 18.2 Å². The van der Waals surface area contributed by atoms with Crippen molar-refractivity contribution in [3.05, 3.63) is 64.4 Å². The number of para-hydroxylation sites is 1. The SMILES string of the molecule is OCCc1ccccc1OCc1cccc(Cl)c1F. The highest BCUT2D eigenvalue weighted by Gasteiger charge is 2.08. The lowest BCUT2D eigenvalue weighted by Gasteiger charge is -2.11. The molecule has 2 aromatic carbocycles. The van der Waals surface area contributed by atoms with Gasteiger partial charge in [0.2, 0.25) is 0 Å². The zero-order valence-corrected chi connectivity index (χ0v) is 11.0. The predicted molar refractivity (Wildman–Crippen MR) is 73.0 cm³/mol. The van der Waals surface area contributed by atoms with Crippen LogP contribution >= 0.6 is 11.6 Å². The molecular formula is C15H14ClFO2. The molecule has 0 saturated carbocycles. The number of ether oxygens (including phenoxy) is 1. The Labute approximate surface area is 116 Å². The van der Waals surface area contributed by atoms with Crippen molar-refractivity contribution in [1.82, 2.24) is 0 Å². The Bertz CT molecular complexity index is 558. The molecule has 0 unspecified atom stereocenters. The molecule has 19 heavy (non-hydrogen) atoms. The van der Waals surface area contributed by atoms with Crippen LogP contribution in [0.4, 0.5) is 4.39 Å². The fourth-order valence-electron chi connectivity index (χ4n) is 1.79. The predicted octanol–water partition coefficient (Wildman–Crippen LogP) is 3.59. The van der Waals surface area contributed by atoms with Gasteiger partial charge < -0.3 is 9.84 Å². The summed E-state index contributed by atoms with van der Waals surface area (Å²) in [4.78, 5) is 0. The molecule has 0 fully saturated rings. The maximum absolute atomic E-state index is 13.7. The van der Waals surface area contributed by atoms with Gasteiger partial charge in [-0.15, -0.1) is 0 Å². The molecule has 2 nitrogen and oxygen atoms in total. The van der Waals surface area contributed by atoms with Gasteiger partial charge in [-0.25, -0.2) is 4.39 Å². The van der Waals surface area contributed by atoms with Gasteiger partial charge in [0.25, 0.3) is 0 Å². The van der Waals surface area contributed by atoms with Crippen LogP contribution in [0.3, 0.4) is 0 Å². The lowest BCUT2D eigenvalue weighted by atomic mass is 10.1. The number of aliphatic hydroxyl groups is 1. The van der Waals surface area contributed by atoms with Crippen LogP contribution in [0.1, 0.15) is 11.1 Å². The molecule has 0 aliphatic carbocycles. The first-order valence-corrected chi connectivity index (χ1v) is 6.34. The smallest absolute Gasteiger partial charge is 0.148 e. The third kappa shape index (κ3) is 3.46. The highest BCUT2D eigenvalue weighted by atomic mass is 35.5. The van der Waals surface area contributed by atoms with Gasteiger partial charge in [0.1, 0.15) is 18.2 Å². The number of rotatable bonds is 5. The first-order valence-electron chi connectivity index (χ1n) is 5.97. The van der Waals surface area contributed by atoms with E-state index in [1.54, 1.807) is 18.2 Å². The van der Waals surface area contributed by atoms with Crippen LogP contribution in [-0.4, -0.2) is 11.7 Å². The third-order valence-corrected chi connectivity index (χ3v) is 3.06. The summed E-state index contributed by atoms with van der Waals surface area (Å²) in [5.74, 6) is 0.194. The Morgan fingerprint density at radius 1 is 1.05 bits per heavy atom. The van der Waals surface area contributed by atoms with Crippen LogP contribution in [0.15, 0.2) is 42.5 Å². The summed E-state index contributed by atoms with van der Waals surface area (Å²) in [7, 11) is 0. The molecule has 0 amide bonds. The van der Waals surface area contributed by atoms with E-state index in [0.29, 0.717) is 17.7 Å². The molecule has 100 valence electrons. The van der Waals surface area contributed by atoms with E-state index in [2.05, 4.69) is 0 Å². The molecule has 0 heterocycles. The number of hydrogen-bond acceptors (Lipinski definition) is 2. The van der Waals surface area contributed by atoms with Gasteiger partial charge in [0.15, 0.2) is 0 Å². The average molecular weight is 281 g/mol. The van der Waals surface area contributed by atoms with Crippen LogP contribution in [0.2, 0.25) is 5.02 Å². The minimum absolute atomic E-state index is 0.0475. The highest BCUT2D eigenvalue weighted by molar-refractivity contribution is 6.30. The van der Waals surface area contributed by atoms with Gasteiger partial charge in [-0.1, -0.05) is 41.9 Å². The van der Waals surface area contributed by atoms with Crippen molar-refractivity contribution in [2.45, 2.75) is 13.0 Å². The fourth-order valence-corrected chi connectivity index (χ4v) is 1.98. The van der Waals surface area contributed by atoms with Gasteiger partial charge in [0, 0.05) is 12.2 Å². The van der Waals surface area contributed by atoms with E-state index < -0.39 is 5.82 Å². The summed E-state index contributed by atoms with van der Waals surface area (Å²) in [6.45, 7) is 0.154. The molecule has 2 aromatic rings. The minimum atomic E-state index is -0.455. The summed E-state index contributed by atoms with van der Waals surface area (Å²) in [5, 5.41) is 9.06. The van der Waals surface area contributed by atoms with Gasteiger partial charge in [-0.2, -0.15) is 0 Å². The first-order chi connectivity index (χ1) is 9.22. The quantitative estimate of drug-likeness (QED) is 0.907. The standard InChI is InChI=1S/C15H14ClFO2/c16-13-6-3-5-12(15(13)17)10-19-14-7-2-1-4-11(14)8-9-18/h1-7,18H,8-10H2. The van der Waals surface area contributed by atoms with Crippen molar-refractivity contribution >= 4 is 11.6 Å². The molecular weight excluding hydrogens is 267 g/mol. The van der Waals surface area contributed by atoms with Gasteiger partial charge in [-0.3, -0.25) is 0 Å². The third-order valence-electron chi connectivity index (χ3n) is 2.77. The van der Waals surface area contributed by atoms with Gasteiger partial charge in [0.05, 0.1) is 5.02 Å². The molecule has 0 saturated heterocycles. The molecule has 0 aliphatic heterocycles. The Hall–Kier alpha value is -1.58. The largest absolute Gasteiger partial charge is 0.489 e. The van der Waals surface area contributed by atoms with Crippen molar-refractivity contribution in [1.29, 1.82) is 0 Å². The summed E-state index contributed by atoms with van der Waals surface area (Å²) in [6.07, 6.45) is 0.508. The first kappa shape index (κ1) is 13.8. The highest BCUT2D eigenvalue weighted by Crippen LogP contribution is 2.22. The van der Waals surface area contributed by atoms with Gasteiger partial charge >= 0.3 is 0 Å². The molecule has 0 aromatic heterocycles. The Morgan fingerprint density at radius 3 is 2.58 bits per heavy atom. The molecule has 1 N–H and O–H groups in total. The van der Waals surface area contributed by atoms with E-state index in [4.69, 9.17) is 21.4 Å². The summed E-state index contributed by atoms with van der Waals surface area (Å²) >= 11 is 5.71. The second-order valence-corrected chi connectivity index (χ2v) is 4.49. The minimum Gasteiger partial charge on any atom is -0.489 e.